The third-order valence-corrected chi connectivity index (χ3v) is 2.60. The van der Waals surface area contributed by atoms with Crippen LogP contribution in [0, 0.1) is 0 Å². The Kier molecular flexibility index (Phi) is 4.10. The van der Waals surface area contributed by atoms with E-state index in [1.54, 1.807) is 24.4 Å². The van der Waals surface area contributed by atoms with E-state index in [1.807, 2.05) is 31.2 Å². The molecule has 2 amide bonds. The van der Waals surface area contributed by atoms with Gasteiger partial charge in [0.15, 0.2) is 0 Å². The molecule has 5 heteroatoms. The molecule has 2 aromatic rings. The fourth-order valence-corrected chi connectivity index (χ4v) is 1.59. The molecule has 0 bridgehead atoms. The van der Waals surface area contributed by atoms with Gasteiger partial charge in [0.2, 0.25) is 0 Å². The van der Waals surface area contributed by atoms with Crippen LogP contribution in [0.5, 0.6) is 0 Å². The maximum atomic E-state index is 11.7. The SMILES string of the molecule is CC(N)c1ccc(NC(=O)Nc2ccccn2)cc1. The third-order valence-electron chi connectivity index (χ3n) is 2.60. The van der Waals surface area contributed by atoms with E-state index < -0.39 is 0 Å². The van der Waals surface area contributed by atoms with Gasteiger partial charge in [-0.3, -0.25) is 5.32 Å². The van der Waals surface area contributed by atoms with E-state index in [2.05, 4.69) is 15.6 Å². The highest BCUT2D eigenvalue weighted by Crippen LogP contribution is 2.14. The summed E-state index contributed by atoms with van der Waals surface area (Å²) in [6, 6.07) is 12.4. The molecule has 0 aliphatic heterocycles. The summed E-state index contributed by atoms with van der Waals surface area (Å²) in [5.41, 5.74) is 7.49. The van der Waals surface area contributed by atoms with Gasteiger partial charge in [-0.05, 0) is 36.8 Å². The highest BCUT2D eigenvalue weighted by Gasteiger charge is 2.04. The zero-order valence-electron chi connectivity index (χ0n) is 10.6. The van der Waals surface area contributed by atoms with E-state index in [1.165, 1.54) is 0 Å². The van der Waals surface area contributed by atoms with E-state index in [4.69, 9.17) is 5.73 Å². The summed E-state index contributed by atoms with van der Waals surface area (Å²) >= 11 is 0. The monoisotopic (exact) mass is 256 g/mol. The average molecular weight is 256 g/mol. The molecule has 4 N–H and O–H groups in total. The number of carbonyl (C=O) groups excluding carboxylic acids is 1. The van der Waals surface area contributed by atoms with Crippen LogP contribution < -0.4 is 16.4 Å². The normalized spacial score (nSPS) is 11.7. The number of rotatable bonds is 3. The first-order valence-electron chi connectivity index (χ1n) is 6.00. The average Bonchev–Trinajstić information content (AvgIpc) is 2.40. The topological polar surface area (TPSA) is 80.0 Å². The van der Waals surface area contributed by atoms with Gasteiger partial charge in [0, 0.05) is 17.9 Å². The van der Waals surface area contributed by atoms with Crippen LogP contribution in [0.15, 0.2) is 48.7 Å². The lowest BCUT2D eigenvalue weighted by Gasteiger charge is -2.09. The maximum Gasteiger partial charge on any atom is 0.324 e. The summed E-state index contributed by atoms with van der Waals surface area (Å²) < 4.78 is 0. The number of anilines is 2. The Morgan fingerprint density at radius 2 is 1.89 bits per heavy atom. The molecule has 98 valence electrons. The van der Waals surface area contributed by atoms with Crippen LogP contribution in [-0.4, -0.2) is 11.0 Å². The van der Waals surface area contributed by atoms with Crippen LogP contribution in [0.4, 0.5) is 16.3 Å². The summed E-state index contributed by atoms with van der Waals surface area (Å²) in [5.74, 6) is 0.507. The molecule has 5 nitrogen and oxygen atoms in total. The standard InChI is InChI=1S/C14H16N4O/c1-10(15)11-5-7-12(8-6-11)17-14(19)18-13-4-2-3-9-16-13/h2-10H,15H2,1H3,(H2,16,17,18,19). The third kappa shape index (κ3) is 3.79. The minimum absolute atomic E-state index is 0.0172. The van der Waals surface area contributed by atoms with Gasteiger partial charge >= 0.3 is 6.03 Å². The molecular weight excluding hydrogens is 240 g/mol. The van der Waals surface area contributed by atoms with Gasteiger partial charge in [-0.1, -0.05) is 18.2 Å². The van der Waals surface area contributed by atoms with E-state index in [0.717, 1.165) is 5.56 Å². The molecule has 1 aromatic carbocycles. The second-order valence-electron chi connectivity index (χ2n) is 4.20. The predicted molar refractivity (Wildman–Crippen MR) is 75.9 cm³/mol. The van der Waals surface area contributed by atoms with Gasteiger partial charge in [-0.25, -0.2) is 9.78 Å². The Morgan fingerprint density at radius 1 is 1.16 bits per heavy atom. The van der Waals surface area contributed by atoms with Crippen molar-refractivity contribution in [1.82, 2.24) is 4.98 Å². The summed E-state index contributed by atoms with van der Waals surface area (Å²) in [7, 11) is 0. The minimum atomic E-state index is -0.327. The fourth-order valence-electron chi connectivity index (χ4n) is 1.59. The quantitative estimate of drug-likeness (QED) is 0.790. The molecule has 0 aliphatic carbocycles. The van der Waals surface area contributed by atoms with Gasteiger partial charge in [0.25, 0.3) is 0 Å². The van der Waals surface area contributed by atoms with Crippen LogP contribution in [0.2, 0.25) is 0 Å². The Balaban J connectivity index is 1.95. The highest BCUT2D eigenvalue weighted by atomic mass is 16.2. The van der Waals surface area contributed by atoms with Gasteiger partial charge in [-0.2, -0.15) is 0 Å². The highest BCUT2D eigenvalue weighted by molar-refractivity contribution is 5.99. The Morgan fingerprint density at radius 3 is 2.47 bits per heavy atom. The summed E-state index contributed by atoms with van der Waals surface area (Å²) in [5, 5.41) is 5.37. The summed E-state index contributed by atoms with van der Waals surface area (Å²) in [6.07, 6.45) is 1.62. The second-order valence-corrected chi connectivity index (χ2v) is 4.20. The number of nitrogens with zero attached hydrogens (tertiary/aromatic N) is 1. The minimum Gasteiger partial charge on any atom is -0.324 e. The maximum absolute atomic E-state index is 11.7. The molecule has 0 radical (unpaired) electrons. The lowest BCUT2D eigenvalue weighted by atomic mass is 10.1. The zero-order valence-corrected chi connectivity index (χ0v) is 10.6. The first-order chi connectivity index (χ1) is 9.15. The Hall–Kier alpha value is -2.40. The molecule has 19 heavy (non-hydrogen) atoms. The fraction of sp³-hybridized carbons (Fsp3) is 0.143. The van der Waals surface area contributed by atoms with Crippen LogP contribution in [0.25, 0.3) is 0 Å². The van der Waals surface area contributed by atoms with Crippen molar-refractivity contribution < 1.29 is 4.79 Å². The smallest absolute Gasteiger partial charge is 0.324 e. The largest absolute Gasteiger partial charge is 0.324 e. The van der Waals surface area contributed by atoms with Gasteiger partial charge in [-0.15, -0.1) is 0 Å². The second kappa shape index (κ2) is 5.97. The number of hydrogen-bond donors (Lipinski definition) is 3. The number of carbonyl (C=O) groups is 1. The van der Waals surface area contributed by atoms with Crippen LogP contribution in [-0.2, 0) is 0 Å². The molecule has 0 spiro atoms. The van der Waals surface area contributed by atoms with Crippen molar-refractivity contribution in [2.24, 2.45) is 5.73 Å². The number of pyridine rings is 1. The van der Waals surface area contributed by atoms with Crippen molar-refractivity contribution in [3.63, 3.8) is 0 Å². The van der Waals surface area contributed by atoms with Crippen molar-refractivity contribution in [3.8, 4) is 0 Å². The van der Waals surface area contributed by atoms with E-state index in [9.17, 15) is 4.79 Å². The van der Waals surface area contributed by atoms with Gasteiger partial charge in [0.1, 0.15) is 5.82 Å². The lowest BCUT2D eigenvalue weighted by molar-refractivity contribution is 0.262. The molecular formula is C14H16N4O. The predicted octanol–water partition coefficient (Wildman–Crippen LogP) is 2.75. The van der Waals surface area contributed by atoms with Crippen molar-refractivity contribution in [3.05, 3.63) is 54.2 Å². The molecule has 2 rings (SSSR count). The van der Waals surface area contributed by atoms with Crippen LogP contribution in [0.3, 0.4) is 0 Å². The first-order valence-corrected chi connectivity index (χ1v) is 6.00. The lowest BCUT2D eigenvalue weighted by Crippen LogP contribution is -2.20. The number of benzene rings is 1. The molecule has 1 aromatic heterocycles. The number of nitrogens with one attached hydrogen (secondary N) is 2. The molecule has 0 saturated heterocycles. The number of amides is 2. The molecule has 1 heterocycles. The summed E-state index contributed by atoms with van der Waals surface area (Å²) in [6.45, 7) is 1.91. The number of urea groups is 1. The van der Waals surface area contributed by atoms with Crippen molar-refractivity contribution in [2.45, 2.75) is 13.0 Å². The first kappa shape index (κ1) is 13.0. The molecule has 0 aliphatic rings. The molecule has 0 fully saturated rings. The van der Waals surface area contributed by atoms with Crippen molar-refractivity contribution in [1.29, 1.82) is 0 Å². The number of aromatic nitrogens is 1. The van der Waals surface area contributed by atoms with Crippen molar-refractivity contribution >= 4 is 17.5 Å². The van der Waals surface area contributed by atoms with E-state index in [-0.39, 0.29) is 12.1 Å². The van der Waals surface area contributed by atoms with Crippen LogP contribution in [0.1, 0.15) is 18.5 Å². The Bertz CT molecular complexity index is 537. The summed E-state index contributed by atoms with van der Waals surface area (Å²) in [4.78, 5) is 15.7. The molecule has 1 atom stereocenters. The zero-order chi connectivity index (χ0) is 13.7. The molecule has 0 saturated carbocycles. The van der Waals surface area contributed by atoms with E-state index >= 15 is 0 Å². The van der Waals surface area contributed by atoms with Gasteiger partial charge < -0.3 is 11.1 Å². The van der Waals surface area contributed by atoms with E-state index in [0.29, 0.717) is 11.5 Å². The number of nitrogens with two attached hydrogens (primary N) is 1. The van der Waals surface area contributed by atoms with Gasteiger partial charge in [0.05, 0.1) is 0 Å². The molecule has 1 unspecified atom stereocenters. The number of hydrogen-bond acceptors (Lipinski definition) is 3. The van der Waals surface area contributed by atoms with Crippen LogP contribution >= 0.6 is 0 Å². The van der Waals surface area contributed by atoms with Crippen molar-refractivity contribution in [2.75, 3.05) is 10.6 Å². The Labute approximate surface area is 111 Å².